The van der Waals surface area contributed by atoms with E-state index in [9.17, 15) is 18.0 Å². The van der Waals surface area contributed by atoms with Crippen LogP contribution in [-0.4, -0.2) is 37.9 Å². The number of rotatable bonds is 9. The third-order valence-corrected chi connectivity index (χ3v) is 5.10. The molecule has 0 heterocycles. The van der Waals surface area contributed by atoms with E-state index in [0.717, 1.165) is 12.0 Å². The zero-order valence-electron chi connectivity index (χ0n) is 15.7. The van der Waals surface area contributed by atoms with Crippen molar-refractivity contribution in [1.82, 2.24) is 0 Å². The number of hydrogen-bond donors (Lipinski definition) is 2. The maximum atomic E-state index is 12.3. The number of ether oxygens (including phenoxy) is 1. The number of methoxy groups -OCH3 is 1. The van der Waals surface area contributed by atoms with Crippen LogP contribution in [0.4, 0.5) is 5.69 Å². The van der Waals surface area contributed by atoms with Crippen LogP contribution in [0.2, 0.25) is 0 Å². The summed E-state index contributed by atoms with van der Waals surface area (Å²) in [6.45, 7) is 1.54. The van der Waals surface area contributed by atoms with E-state index in [1.807, 2.05) is 12.1 Å². The molecule has 1 atom stereocenters. The predicted octanol–water partition coefficient (Wildman–Crippen LogP) is 3.11. The zero-order chi connectivity index (χ0) is 20.7. The lowest BCUT2D eigenvalue weighted by Crippen LogP contribution is -2.15. The SMILES string of the molecule is COC(CCc1ccc(C(=O)Nc2ccc(S(=O)(=O)O)cc2)cc1)CC(C)=O. The Morgan fingerprint density at radius 1 is 1.07 bits per heavy atom. The Kier molecular flexibility index (Phi) is 7.45. The highest BCUT2D eigenvalue weighted by atomic mass is 32.2. The molecule has 2 aromatic carbocycles. The highest BCUT2D eigenvalue weighted by molar-refractivity contribution is 7.85. The molecule has 2 N–H and O–H groups in total. The second-order valence-corrected chi connectivity index (χ2v) is 7.87. The van der Waals surface area contributed by atoms with Crippen LogP contribution in [0, 0.1) is 0 Å². The van der Waals surface area contributed by atoms with Gasteiger partial charge in [0.25, 0.3) is 16.0 Å². The van der Waals surface area contributed by atoms with E-state index in [-0.39, 0.29) is 22.7 Å². The molecule has 0 bridgehead atoms. The Labute approximate surface area is 164 Å². The first-order valence-electron chi connectivity index (χ1n) is 8.69. The van der Waals surface area contributed by atoms with Crippen molar-refractivity contribution in [3.8, 4) is 0 Å². The van der Waals surface area contributed by atoms with Gasteiger partial charge in [-0.1, -0.05) is 12.1 Å². The van der Waals surface area contributed by atoms with Crippen molar-refractivity contribution in [1.29, 1.82) is 0 Å². The lowest BCUT2D eigenvalue weighted by Gasteiger charge is -2.13. The van der Waals surface area contributed by atoms with Crippen molar-refractivity contribution in [3.05, 3.63) is 59.7 Å². The van der Waals surface area contributed by atoms with Gasteiger partial charge >= 0.3 is 0 Å². The average Bonchev–Trinajstić information content (AvgIpc) is 2.65. The van der Waals surface area contributed by atoms with Crippen molar-refractivity contribution in [2.24, 2.45) is 0 Å². The molecule has 0 radical (unpaired) electrons. The van der Waals surface area contributed by atoms with Gasteiger partial charge in [-0.2, -0.15) is 8.42 Å². The summed E-state index contributed by atoms with van der Waals surface area (Å²) in [7, 11) is -2.68. The van der Waals surface area contributed by atoms with Gasteiger partial charge in [-0.25, -0.2) is 0 Å². The Morgan fingerprint density at radius 3 is 2.18 bits per heavy atom. The normalized spacial score (nSPS) is 12.4. The Morgan fingerprint density at radius 2 is 1.68 bits per heavy atom. The molecule has 0 aromatic heterocycles. The summed E-state index contributed by atoms with van der Waals surface area (Å²) in [5.41, 5.74) is 1.89. The highest BCUT2D eigenvalue weighted by Crippen LogP contribution is 2.16. The van der Waals surface area contributed by atoms with E-state index in [4.69, 9.17) is 9.29 Å². The van der Waals surface area contributed by atoms with Crippen LogP contribution in [0.5, 0.6) is 0 Å². The van der Waals surface area contributed by atoms with Gasteiger partial charge in [-0.15, -0.1) is 0 Å². The molecule has 2 aromatic rings. The maximum absolute atomic E-state index is 12.3. The number of Topliss-reactive ketones (excluding diaryl/α,β-unsaturated/α-hetero) is 1. The quantitative estimate of drug-likeness (QED) is 0.620. The van der Waals surface area contributed by atoms with Gasteiger partial charge in [-0.3, -0.25) is 14.1 Å². The topological polar surface area (TPSA) is 110 Å². The standard InChI is InChI=1S/C20H23NO6S/c1-14(22)13-18(27-2)10-5-15-3-6-16(7-4-15)20(23)21-17-8-11-19(12-9-17)28(24,25)26/h3-4,6-9,11-12,18H,5,10,13H2,1-2H3,(H,21,23)(H,24,25,26). The smallest absolute Gasteiger partial charge is 0.294 e. The van der Waals surface area contributed by atoms with Crippen LogP contribution in [0.3, 0.4) is 0 Å². The molecular weight excluding hydrogens is 382 g/mol. The first-order valence-corrected chi connectivity index (χ1v) is 10.1. The molecule has 8 heteroatoms. The van der Waals surface area contributed by atoms with E-state index >= 15 is 0 Å². The minimum absolute atomic E-state index is 0.0866. The Hall–Kier alpha value is -2.55. The minimum atomic E-state index is -4.27. The van der Waals surface area contributed by atoms with Gasteiger partial charge in [0.2, 0.25) is 0 Å². The summed E-state index contributed by atoms with van der Waals surface area (Å²) in [5.74, 6) is -0.249. The number of carbonyl (C=O) groups is 2. The number of ketones is 1. The van der Waals surface area contributed by atoms with E-state index in [2.05, 4.69) is 5.32 Å². The second-order valence-electron chi connectivity index (χ2n) is 6.45. The number of nitrogens with one attached hydrogen (secondary N) is 1. The summed E-state index contributed by atoms with van der Waals surface area (Å²) < 4.78 is 36.3. The van der Waals surface area contributed by atoms with Gasteiger partial charge in [0.05, 0.1) is 11.0 Å². The van der Waals surface area contributed by atoms with Gasteiger partial charge in [-0.05, 0) is 61.7 Å². The highest BCUT2D eigenvalue weighted by Gasteiger charge is 2.12. The fourth-order valence-corrected chi connectivity index (χ4v) is 3.17. The van der Waals surface area contributed by atoms with Crippen LogP contribution in [0.15, 0.2) is 53.4 Å². The van der Waals surface area contributed by atoms with Crippen LogP contribution < -0.4 is 5.32 Å². The average molecular weight is 405 g/mol. The number of carbonyl (C=O) groups excluding carboxylic acids is 2. The van der Waals surface area contributed by atoms with Crippen molar-refractivity contribution < 1.29 is 27.3 Å². The number of aryl methyl sites for hydroxylation is 1. The molecule has 1 amide bonds. The molecule has 0 saturated heterocycles. The summed E-state index contributed by atoms with van der Waals surface area (Å²) in [4.78, 5) is 23.3. The summed E-state index contributed by atoms with van der Waals surface area (Å²) in [5, 5.41) is 2.66. The fraction of sp³-hybridized carbons (Fsp3) is 0.300. The fourth-order valence-electron chi connectivity index (χ4n) is 2.69. The monoisotopic (exact) mass is 405 g/mol. The molecule has 28 heavy (non-hydrogen) atoms. The maximum Gasteiger partial charge on any atom is 0.294 e. The van der Waals surface area contributed by atoms with Gasteiger partial charge in [0.1, 0.15) is 5.78 Å². The first kappa shape index (κ1) is 21.7. The predicted molar refractivity (Wildman–Crippen MR) is 105 cm³/mol. The summed E-state index contributed by atoms with van der Waals surface area (Å²) >= 11 is 0. The van der Waals surface area contributed by atoms with Crippen molar-refractivity contribution in [2.75, 3.05) is 12.4 Å². The molecule has 150 valence electrons. The third-order valence-electron chi connectivity index (χ3n) is 4.23. The van der Waals surface area contributed by atoms with Crippen LogP contribution >= 0.6 is 0 Å². The second kappa shape index (κ2) is 9.59. The molecular formula is C20H23NO6S. The number of amides is 1. The van der Waals surface area contributed by atoms with Crippen LogP contribution in [0.25, 0.3) is 0 Å². The van der Waals surface area contributed by atoms with E-state index < -0.39 is 10.1 Å². The third kappa shape index (κ3) is 6.56. The minimum Gasteiger partial charge on any atom is -0.381 e. The molecule has 0 aliphatic rings. The number of hydrogen-bond acceptors (Lipinski definition) is 5. The van der Waals surface area contributed by atoms with Crippen molar-refractivity contribution in [3.63, 3.8) is 0 Å². The Balaban J connectivity index is 1.95. The molecule has 7 nitrogen and oxygen atoms in total. The van der Waals surface area contributed by atoms with Crippen LogP contribution in [-0.2, 0) is 26.1 Å². The lowest BCUT2D eigenvalue weighted by molar-refractivity contribution is -0.119. The first-order chi connectivity index (χ1) is 13.2. The van der Waals surface area contributed by atoms with E-state index in [0.29, 0.717) is 24.1 Å². The molecule has 2 rings (SSSR count). The van der Waals surface area contributed by atoms with Gasteiger partial charge in [0, 0.05) is 24.8 Å². The van der Waals surface area contributed by atoms with Gasteiger partial charge < -0.3 is 10.1 Å². The molecule has 0 saturated carbocycles. The zero-order valence-corrected chi connectivity index (χ0v) is 16.5. The molecule has 0 fully saturated rings. The molecule has 0 aliphatic heterocycles. The van der Waals surface area contributed by atoms with E-state index in [1.54, 1.807) is 19.2 Å². The summed E-state index contributed by atoms with van der Waals surface area (Å²) in [6.07, 6.45) is 1.70. The molecule has 0 spiro atoms. The van der Waals surface area contributed by atoms with Gasteiger partial charge in [0.15, 0.2) is 0 Å². The largest absolute Gasteiger partial charge is 0.381 e. The number of anilines is 1. The molecule has 0 aliphatic carbocycles. The van der Waals surface area contributed by atoms with Crippen LogP contribution in [0.1, 0.15) is 35.7 Å². The summed E-state index contributed by atoms with van der Waals surface area (Å²) in [6, 6.07) is 12.3. The van der Waals surface area contributed by atoms with E-state index in [1.165, 1.54) is 31.2 Å². The van der Waals surface area contributed by atoms with Crippen molar-refractivity contribution >= 4 is 27.5 Å². The lowest BCUT2D eigenvalue weighted by atomic mass is 10.0. The Bertz CT molecular complexity index is 920. The molecule has 1 unspecified atom stereocenters. The number of benzene rings is 2. The van der Waals surface area contributed by atoms with Crippen molar-refractivity contribution in [2.45, 2.75) is 37.2 Å².